The molecule has 0 saturated carbocycles. The maximum Gasteiger partial charge on any atom is 0.0823 e. The summed E-state index contributed by atoms with van der Waals surface area (Å²) in [5.74, 6) is 0. The molecule has 0 amide bonds. The van der Waals surface area contributed by atoms with Crippen molar-refractivity contribution in [3.63, 3.8) is 0 Å². The van der Waals surface area contributed by atoms with Gasteiger partial charge in [0.25, 0.3) is 0 Å². The SMILES string of the molecule is OC1(Cc2ccncc2)CCNC1. The first-order valence-corrected chi connectivity index (χ1v) is 4.61. The van der Waals surface area contributed by atoms with Crippen LogP contribution in [0.3, 0.4) is 0 Å². The van der Waals surface area contributed by atoms with Gasteiger partial charge >= 0.3 is 0 Å². The summed E-state index contributed by atoms with van der Waals surface area (Å²) in [5.41, 5.74) is 0.614. The monoisotopic (exact) mass is 178 g/mol. The molecule has 0 bridgehead atoms. The van der Waals surface area contributed by atoms with Crippen LogP contribution in [0.15, 0.2) is 24.5 Å². The summed E-state index contributed by atoms with van der Waals surface area (Å²) in [7, 11) is 0. The number of hydrogen-bond donors (Lipinski definition) is 2. The lowest BCUT2D eigenvalue weighted by atomic mass is 9.94. The third-order valence-corrected chi connectivity index (χ3v) is 2.50. The largest absolute Gasteiger partial charge is 0.388 e. The number of pyridine rings is 1. The lowest BCUT2D eigenvalue weighted by molar-refractivity contribution is 0.0619. The van der Waals surface area contributed by atoms with Gasteiger partial charge in [-0.05, 0) is 30.7 Å². The molecule has 1 aromatic rings. The average molecular weight is 178 g/mol. The fourth-order valence-electron chi connectivity index (χ4n) is 1.76. The fourth-order valence-corrected chi connectivity index (χ4v) is 1.76. The summed E-state index contributed by atoms with van der Waals surface area (Å²) >= 11 is 0. The van der Waals surface area contributed by atoms with Crippen LogP contribution in [0.2, 0.25) is 0 Å². The van der Waals surface area contributed by atoms with E-state index in [1.165, 1.54) is 0 Å². The predicted molar refractivity (Wildman–Crippen MR) is 50.4 cm³/mol. The van der Waals surface area contributed by atoms with Gasteiger partial charge in [0.15, 0.2) is 0 Å². The average Bonchev–Trinajstić information content (AvgIpc) is 2.54. The number of aliphatic hydroxyl groups is 1. The standard InChI is InChI=1S/C10H14N2O/c13-10(3-6-12-8-10)7-9-1-4-11-5-2-9/h1-2,4-5,12-13H,3,6-8H2. The highest BCUT2D eigenvalue weighted by Crippen LogP contribution is 2.19. The van der Waals surface area contributed by atoms with Gasteiger partial charge in [-0.15, -0.1) is 0 Å². The molecule has 2 N–H and O–H groups in total. The van der Waals surface area contributed by atoms with E-state index < -0.39 is 5.60 Å². The molecule has 0 radical (unpaired) electrons. The Morgan fingerprint density at radius 3 is 2.85 bits per heavy atom. The lowest BCUT2D eigenvalue weighted by Crippen LogP contribution is -2.33. The Kier molecular flexibility index (Phi) is 2.29. The van der Waals surface area contributed by atoms with Gasteiger partial charge in [-0.1, -0.05) is 0 Å². The molecule has 2 rings (SSSR count). The number of nitrogens with one attached hydrogen (secondary N) is 1. The minimum Gasteiger partial charge on any atom is -0.388 e. The third-order valence-electron chi connectivity index (χ3n) is 2.50. The van der Waals surface area contributed by atoms with Crippen molar-refractivity contribution in [1.29, 1.82) is 0 Å². The van der Waals surface area contributed by atoms with Crippen molar-refractivity contribution >= 4 is 0 Å². The lowest BCUT2D eigenvalue weighted by Gasteiger charge is -2.20. The zero-order valence-corrected chi connectivity index (χ0v) is 7.53. The number of rotatable bonds is 2. The smallest absolute Gasteiger partial charge is 0.0823 e. The van der Waals surface area contributed by atoms with E-state index in [0.29, 0.717) is 6.54 Å². The molecule has 70 valence electrons. The van der Waals surface area contributed by atoms with Crippen LogP contribution in [-0.2, 0) is 6.42 Å². The van der Waals surface area contributed by atoms with Crippen molar-refractivity contribution in [2.24, 2.45) is 0 Å². The van der Waals surface area contributed by atoms with Gasteiger partial charge in [-0.3, -0.25) is 4.98 Å². The van der Waals surface area contributed by atoms with E-state index >= 15 is 0 Å². The molecule has 3 heteroatoms. The molecule has 2 heterocycles. The van der Waals surface area contributed by atoms with Crippen molar-refractivity contribution in [3.8, 4) is 0 Å². The summed E-state index contributed by atoms with van der Waals surface area (Å²) in [4.78, 5) is 3.95. The Balaban J connectivity index is 2.05. The molecular formula is C10H14N2O. The van der Waals surface area contributed by atoms with Gasteiger partial charge in [0.2, 0.25) is 0 Å². The van der Waals surface area contributed by atoms with Crippen LogP contribution >= 0.6 is 0 Å². The van der Waals surface area contributed by atoms with Crippen LogP contribution in [0.4, 0.5) is 0 Å². The maximum atomic E-state index is 10.1. The van der Waals surface area contributed by atoms with Crippen LogP contribution in [0.1, 0.15) is 12.0 Å². The second-order valence-corrected chi connectivity index (χ2v) is 3.68. The fraction of sp³-hybridized carbons (Fsp3) is 0.500. The molecule has 1 unspecified atom stereocenters. The van der Waals surface area contributed by atoms with Gasteiger partial charge in [-0.25, -0.2) is 0 Å². The number of aromatic nitrogens is 1. The molecule has 13 heavy (non-hydrogen) atoms. The second kappa shape index (κ2) is 3.44. The number of β-amino-alcohol motifs (C(OH)–C–C–N with tert-alkyl or cyclic N) is 1. The highest BCUT2D eigenvalue weighted by atomic mass is 16.3. The van der Waals surface area contributed by atoms with E-state index in [1.807, 2.05) is 12.1 Å². The van der Waals surface area contributed by atoms with Gasteiger partial charge in [0, 0.05) is 25.4 Å². The van der Waals surface area contributed by atoms with E-state index in [2.05, 4.69) is 10.3 Å². The van der Waals surface area contributed by atoms with E-state index in [4.69, 9.17) is 0 Å². The van der Waals surface area contributed by atoms with Crippen molar-refractivity contribution in [2.45, 2.75) is 18.4 Å². The maximum absolute atomic E-state index is 10.1. The van der Waals surface area contributed by atoms with Crippen molar-refractivity contribution < 1.29 is 5.11 Å². The molecule has 1 aromatic heterocycles. The van der Waals surface area contributed by atoms with Crippen LogP contribution in [-0.4, -0.2) is 28.8 Å². The predicted octanol–water partition coefficient (Wildman–Crippen LogP) is 0.348. The Morgan fingerprint density at radius 1 is 1.46 bits per heavy atom. The minimum absolute atomic E-state index is 0.540. The van der Waals surface area contributed by atoms with E-state index in [-0.39, 0.29) is 0 Å². The Labute approximate surface area is 77.8 Å². The minimum atomic E-state index is -0.540. The van der Waals surface area contributed by atoms with Crippen molar-refractivity contribution in [1.82, 2.24) is 10.3 Å². The van der Waals surface area contributed by atoms with E-state index in [9.17, 15) is 5.11 Å². The van der Waals surface area contributed by atoms with Gasteiger partial charge < -0.3 is 10.4 Å². The van der Waals surface area contributed by atoms with Crippen LogP contribution in [0.5, 0.6) is 0 Å². The Morgan fingerprint density at radius 2 is 2.23 bits per heavy atom. The molecule has 1 aliphatic heterocycles. The molecular weight excluding hydrogens is 164 g/mol. The third kappa shape index (κ3) is 2.05. The summed E-state index contributed by atoms with van der Waals surface area (Å²) in [6.07, 6.45) is 5.10. The molecule has 1 fully saturated rings. The number of nitrogens with zero attached hydrogens (tertiary/aromatic N) is 1. The number of hydrogen-bond acceptors (Lipinski definition) is 3. The molecule has 1 atom stereocenters. The molecule has 3 nitrogen and oxygen atoms in total. The zero-order valence-electron chi connectivity index (χ0n) is 7.53. The molecule has 1 saturated heterocycles. The van der Waals surface area contributed by atoms with Gasteiger partial charge in [-0.2, -0.15) is 0 Å². The Hall–Kier alpha value is -0.930. The first-order valence-electron chi connectivity index (χ1n) is 4.61. The van der Waals surface area contributed by atoms with Gasteiger partial charge in [0.1, 0.15) is 0 Å². The molecule has 0 spiro atoms. The second-order valence-electron chi connectivity index (χ2n) is 3.68. The summed E-state index contributed by atoms with van der Waals surface area (Å²) in [6, 6.07) is 3.91. The summed E-state index contributed by atoms with van der Waals surface area (Å²) in [5, 5.41) is 13.2. The summed E-state index contributed by atoms with van der Waals surface area (Å²) < 4.78 is 0. The van der Waals surface area contributed by atoms with E-state index in [0.717, 1.165) is 24.9 Å². The van der Waals surface area contributed by atoms with Crippen molar-refractivity contribution in [3.05, 3.63) is 30.1 Å². The van der Waals surface area contributed by atoms with Crippen LogP contribution < -0.4 is 5.32 Å². The molecule has 0 aromatic carbocycles. The summed E-state index contributed by atoms with van der Waals surface area (Å²) in [6.45, 7) is 1.62. The highest BCUT2D eigenvalue weighted by molar-refractivity contribution is 5.14. The highest BCUT2D eigenvalue weighted by Gasteiger charge is 2.30. The van der Waals surface area contributed by atoms with Crippen molar-refractivity contribution in [2.75, 3.05) is 13.1 Å². The molecule has 0 aliphatic carbocycles. The quantitative estimate of drug-likeness (QED) is 0.687. The van der Waals surface area contributed by atoms with Crippen LogP contribution in [0.25, 0.3) is 0 Å². The first kappa shape index (κ1) is 8.66. The molecule has 1 aliphatic rings. The zero-order chi connectivity index (χ0) is 9.15. The van der Waals surface area contributed by atoms with E-state index in [1.54, 1.807) is 12.4 Å². The topological polar surface area (TPSA) is 45.2 Å². The van der Waals surface area contributed by atoms with Gasteiger partial charge in [0.05, 0.1) is 5.60 Å². The normalized spacial score (nSPS) is 27.8. The Bertz CT molecular complexity index is 268. The first-order chi connectivity index (χ1) is 6.29. The van der Waals surface area contributed by atoms with Crippen LogP contribution in [0, 0.1) is 0 Å².